The second-order valence-corrected chi connectivity index (χ2v) is 8.55. The first-order chi connectivity index (χ1) is 13.0. The van der Waals surface area contributed by atoms with Crippen LogP contribution in [0.2, 0.25) is 0 Å². The number of aromatic nitrogens is 4. The topological polar surface area (TPSA) is 84.1 Å². The summed E-state index contributed by atoms with van der Waals surface area (Å²) in [6.45, 7) is 9.73. The summed E-state index contributed by atoms with van der Waals surface area (Å²) in [4.78, 5) is 15.7. The lowest BCUT2D eigenvalue weighted by Crippen LogP contribution is -2.34. The Balaban J connectivity index is 0.000000345. The zero-order valence-electron chi connectivity index (χ0n) is 16.0. The summed E-state index contributed by atoms with van der Waals surface area (Å²) in [5.74, 6) is -2.76. The SMILES string of the molecule is CC(C)(C)c1cn(C2CCN(Cc3nccs3)CC2)nn1.O=C(O)C(F)(F)F. The highest BCUT2D eigenvalue weighted by Gasteiger charge is 2.38. The van der Waals surface area contributed by atoms with Gasteiger partial charge in [-0.05, 0) is 12.8 Å². The Morgan fingerprint density at radius 3 is 2.32 bits per heavy atom. The van der Waals surface area contributed by atoms with Crippen LogP contribution >= 0.6 is 11.3 Å². The van der Waals surface area contributed by atoms with Crippen LogP contribution in [0.4, 0.5) is 13.2 Å². The number of hydrogen-bond donors (Lipinski definition) is 1. The molecular weight excluding hydrogens is 395 g/mol. The van der Waals surface area contributed by atoms with Crippen molar-refractivity contribution in [2.45, 2.75) is 57.8 Å². The highest BCUT2D eigenvalue weighted by atomic mass is 32.1. The predicted molar refractivity (Wildman–Crippen MR) is 98.1 cm³/mol. The van der Waals surface area contributed by atoms with E-state index in [2.05, 4.69) is 51.8 Å². The first-order valence-electron chi connectivity index (χ1n) is 8.80. The Hall–Kier alpha value is -2.01. The highest BCUT2D eigenvalue weighted by molar-refractivity contribution is 7.09. The van der Waals surface area contributed by atoms with Crippen molar-refractivity contribution in [1.29, 1.82) is 0 Å². The highest BCUT2D eigenvalue weighted by Crippen LogP contribution is 2.25. The van der Waals surface area contributed by atoms with E-state index < -0.39 is 12.1 Å². The summed E-state index contributed by atoms with van der Waals surface area (Å²) in [6, 6.07) is 0.487. The average molecular weight is 419 g/mol. The third kappa shape index (κ3) is 6.55. The van der Waals surface area contributed by atoms with E-state index in [0.29, 0.717) is 6.04 Å². The number of hydrogen-bond acceptors (Lipinski definition) is 6. The number of halogens is 3. The summed E-state index contributed by atoms with van der Waals surface area (Å²) in [5, 5.41) is 19.1. The molecule has 0 amide bonds. The lowest BCUT2D eigenvalue weighted by Gasteiger charge is -2.31. The van der Waals surface area contributed by atoms with Crippen molar-refractivity contribution >= 4 is 17.3 Å². The van der Waals surface area contributed by atoms with Crippen LogP contribution in [0.15, 0.2) is 17.8 Å². The molecule has 7 nitrogen and oxygen atoms in total. The molecule has 11 heteroatoms. The van der Waals surface area contributed by atoms with E-state index in [-0.39, 0.29) is 5.41 Å². The van der Waals surface area contributed by atoms with Crippen molar-refractivity contribution in [3.8, 4) is 0 Å². The Kier molecular flexibility index (Phi) is 7.16. The fourth-order valence-electron chi connectivity index (χ4n) is 2.66. The number of nitrogens with zero attached hydrogens (tertiary/aromatic N) is 5. The molecule has 2 aromatic rings. The maximum atomic E-state index is 10.6. The molecular formula is C17H24F3N5O2S. The van der Waals surface area contributed by atoms with E-state index >= 15 is 0 Å². The number of rotatable bonds is 3. The minimum absolute atomic E-state index is 0.0732. The molecule has 1 saturated heterocycles. The maximum absolute atomic E-state index is 10.6. The van der Waals surface area contributed by atoms with Gasteiger partial charge in [-0.3, -0.25) is 4.90 Å². The number of piperidine rings is 1. The summed E-state index contributed by atoms with van der Waals surface area (Å²) in [7, 11) is 0. The average Bonchev–Trinajstić information content (AvgIpc) is 3.26. The Bertz CT molecular complexity index is 748. The van der Waals surface area contributed by atoms with Crippen molar-refractivity contribution < 1.29 is 23.1 Å². The van der Waals surface area contributed by atoms with Gasteiger partial charge in [-0.2, -0.15) is 13.2 Å². The molecule has 0 saturated carbocycles. The second-order valence-electron chi connectivity index (χ2n) is 7.57. The molecule has 1 aliphatic heterocycles. The number of carbonyl (C=O) groups is 1. The molecule has 0 bridgehead atoms. The van der Waals surface area contributed by atoms with Crippen molar-refractivity contribution in [2.75, 3.05) is 13.1 Å². The molecule has 0 unspecified atom stereocenters. The minimum atomic E-state index is -5.08. The van der Waals surface area contributed by atoms with Crippen molar-refractivity contribution in [1.82, 2.24) is 24.9 Å². The Morgan fingerprint density at radius 2 is 1.89 bits per heavy atom. The molecule has 2 aromatic heterocycles. The predicted octanol–water partition coefficient (Wildman–Crippen LogP) is 3.50. The van der Waals surface area contributed by atoms with E-state index in [4.69, 9.17) is 9.90 Å². The van der Waals surface area contributed by atoms with E-state index in [9.17, 15) is 13.2 Å². The number of carboxylic acid groups (broad SMARTS) is 1. The number of carboxylic acids is 1. The van der Waals surface area contributed by atoms with Gasteiger partial charge in [0.15, 0.2) is 0 Å². The molecule has 156 valence electrons. The zero-order chi connectivity index (χ0) is 20.9. The van der Waals surface area contributed by atoms with Crippen LogP contribution in [-0.2, 0) is 16.8 Å². The van der Waals surface area contributed by atoms with Gasteiger partial charge in [0.1, 0.15) is 5.01 Å². The normalized spacial score (nSPS) is 16.5. The monoisotopic (exact) mass is 419 g/mol. The fourth-order valence-corrected chi connectivity index (χ4v) is 3.32. The van der Waals surface area contributed by atoms with Crippen LogP contribution < -0.4 is 0 Å². The third-order valence-electron chi connectivity index (χ3n) is 4.29. The first kappa shape index (κ1) is 22.3. The summed E-state index contributed by atoms with van der Waals surface area (Å²) >= 11 is 1.74. The lowest BCUT2D eigenvalue weighted by molar-refractivity contribution is -0.192. The van der Waals surface area contributed by atoms with Gasteiger partial charge in [0, 0.05) is 36.3 Å². The van der Waals surface area contributed by atoms with E-state index in [0.717, 1.165) is 38.2 Å². The van der Waals surface area contributed by atoms with Crippen LogP contribution in [0.25, 0.3) is 0 Å². The van der Waals surface area contributed by atoms with Gasteiger partial charge in [-0.15, -0.1) is 16.4 Å². The quantitative estimate of drug-likeness (QED) is 0.820. The largest absolute Gasteiger partial charge is 0.490 e. The smallest absolute Gasteiger partial charge is 0.475 e. The molecule has 1 fully saturated rings. The van der Waals surface area contributed by atoms with Crippen molar-refractivity contribution in [3.63, 3.8) is 0 Å². The van der Waals surface area contributed by atoms with Crippen molar-refractivity contribution in [2.24, 2.45) is 0 Å². The Labute approximate surface area is 165 Å². The van der Waals surface area contributed by atoms with Crippen LogP contribution in [0.1, 0.15) is 50.4 Å². The standard InChI is InChI=1S/C15H23N5S.C2HF3O2/c1-15(2,3)13-10-20(18-17-13)12-4-7-19(8-5-12)11-14-16-6-9-21-14;3-2(4,5)1(6)7/h6,9-10,12H,4-5,7-8,11H2,1-3H3;(H,6,7). The van der Waals surface area contributed by atoms with E-state index in [1.807, 2.05) is 11.6 Å². The van der Waals surface area contributed by atoms with Crippen LogP contribution in [0.3, 0.4) is 0 Å². The minimum Gasteiger partial charge on any atom is -0.475 e. The third-order valence-corrected chi connectivity index (χ3v) is 5.06. The van der Waals surface area contributed by atoms with E-state index in [1.165, 1.54) is 5.01 Å². The molecule has 0 spiro atoms. The molecule has 3 heterocycles. The fraction of sp³-hybridized carbons (Fsp3) is 0.647. The molecule has 1 aliphatic rings. The molecule has 3 rings (SSSR count). The zero-order valence-corrected chi connectivity index (χ0v) is 16.8. The maximum Gasteiger partial charge on any atom is 0.490 e. The molecule has 0 aliphatic carbocycles. The van der Waals surface area contributed by atoms with Gasteiger partial charge in [0.25, 0.3) is 0 Å². The van der Waals surface area contributed by atoms with Crippen LogP contribution in [-0.4, -0.2) is 55.2 Å². The van der Waals surface area contributed by atoms with Gasteiger partial charge in [0.2, 0.25) is 0 Å². The summed E-state index contributed by atoms with van der Waals surface area (Å²) < 4.78 is 33.8. The molecule has 0 atom stereocenters. The summed E-state index contributed by atoms with van der Waals surface area (Å²) in [5.41, 5.74) is 1.15. The van der Waals surface area contributed by atoms with Crippen molar-refractivity contribution in [3.05, 3.63) is 28.5 Å². The van der Waals surface area contributed by atoms with Crippen LogP contribution in [0.5, 0.6) is 0 Å². The van der Waals surface area contributed by atoms with Crippen LogP contribution in [0, 0.1) is 0 Å². The van der Waals surface area contributed by atoms with Gasteiger partial charge in [0.05, 0.1) is 18.3 Å². The van der Waals surface area contributed by atoms with Gasteiger partial charge >= 0.3 is 12.1 Å². The van der Waals surface area contributed by atoms with Gasteiger partial charge in [-0.1, -0.05) is 26.0 Å². The number of alkyl halides is 3. The number of aliphatic carboxylic acids is 1. The number of likely N-dealkylation sites (tertiary alicyclic amines) is 1. The van der Waals surface area contributed by atoms with E-state index in [1.54, 1.807) is 11.3 Å². The summed E-state index contributed by atoms with van der Waals surface area (Å²) in [6.07, 6.45) is 1.20. The first-order valence-corrected chi connectivity index (χ1v) is 9.68. The molecule has 0 radical (unpaired) electrons. The molecule has 1 N–H and O–H groups in total. The lowest BCUT2D eigenvalue weighted by atomic mass is 9.93. The Morgan fingerprint density at radius 1 is 1.29 bits per heavy atom. The van der Waals surface area contributed by atoms with Gasteiger partial charge in [-0.25, -0.2) is 14.5 Å². The van der Waals surface area contributed by atoms with Gasteiger partial charge < -0.3 is 5.11 Å². The molecule has 0 aromatic carbocycles. The number of thiazole rings is 1. The molecule has 28 heavy (non-hydrogen) atoms. The second kappa shape index (κ2) is 8.99.